The van der Waals surface area contributed by atoms with E-state index in [1.807, 2.05) is 0 Å². The van der Waals surface area contributed by atoms with Crippen LogP contribution >= 0.6 is 0 Å². The maximum atomic E-state index is 13.1. The first-order valence-electron chi connectivity index (χ1n) is 10.00. The van der Waals surface area contributed by atoms with Crippen molar-refractivity contribution in [2.24, 2.45) is 11.8 Å². The molecule has 2 aliphatic heterocycles. The number of nitrogens with zero attached hydrogens (tertiary/aromatic N) is 2. The molecule has 2 amide bonds. The fourth-order valence-electron chi connectivity index (χ4n) is 5.07. The average Bonchev–Trinajstić information content (AvgIpc) is 2.98. The van der Waals surface area contributed by atoms with E-state index in [9.17, 15) is 14.0 Å². The van der Waals surface area contributed by atoms with Gasteiger partial charge in [-0.15, -0.1) is 0 Å². The molecule has 2 heterocycles. The molecule has 0 spiro atoms. The van der Waals surface area contributed by atoms with Gasteiger partial charge in [0.1, 0.15) is 5.82 Å². The number of imide groups is 1. The van der Waals surface area contributed by atoms with E-state index in [1.165, 1.54) is 61.3 Å². The van der Waals surface area contributed by atoms with Crippen LogP contribution in [0.1, 0.15) is 51.4 Å². The predicted octanol–water partition coefficient (Wildman–Crippen LogP) is 3.75. The van der Waals surface area contributed by atoms with Crippen LogP contribution in [-0.4, -0.2) is 35.8 Å². The molecule has 1 aliphatic carbocycles. The first-order valence-corrected chi connectivity index (χ1v) is 10.00. The Kier molecular flexibility index (Phi) is 5.07. The van der Waals surface area contributed by atoms with Crippen molar-refractivity contribution in [3.05, 3.63) is 30.1 Å². The number of hydrogen-bond donors (Lipinski definition) is 0. The Morgan fingerprint density at radius 2 is 1.46 bits per heavy atom. The van der Waals surface area contributed by atoms with Crippen molar-refractivity contribution in [3.63, 3.8) is 0 Å². The number of hydrogen-bond acceptors (Lipinski definition) is 3. The van der Waals surface area contributed by atoms with E-state index in [-0.39, 0.29) is 30.1 Å². The molecule has 4 rings (SSSR count). The highest BCUT2D eigenvalue weighted by atomic mass is 19.1. The Hall–Kier alpha value is -1.75. The fraction of sp³-hybridized carbons (Fsp3) is 0.619. The Bertz CT molecular complexity index is 661. The molecule has 1 aromatic carbocycles. The van der Waals surface area contributed by atoms with E-state index in [0.29, 0.717) is 5.69 Å². The van der Waals surface area contributed by atoms with Crippen LogP contribution in [0.3, 0.4) is 0 Å². The maximum Gasteiger partial charge on any atom is 0.251 e. The summed E-state index contributed by atoms with van der Waals surface area (Å²) in [6, 6.07) is 5.24. The van der Waals surface area contributed by atoms with Crippen molar-refractivity contribution in [1.82, 2.24) is 4.90 Å². The number of likely N-dealkylation sites (tertiary alicyclic amines) is 1. The lowest BCUT2D eigenvalue weighted by molar-refractivity contribution is -0.123. The lowest BCUT2D eigenvalue weighted by atomic mass is 9.75. The highest BCUT2D eigenvalue weighted by Gasteiger charge is 2.43. The third kappa shape index (κ3) is 3.41. The Morgan fingerprint density at radius 3 is 2.12 bits per heavy atom. The van der Waals surface area contributed by atoms with Crippen LogP contribution in [0.4, 0.5) is 10.1 Å². The number of rotatable bonds is 3. The second-order valence-corrected chi connectivity index (χ2v) is 8.04. The van der Waals surface area contributed by atoms with Crippen molar-refractivity contribution >= 4 is 17.5 Å². The van der Waals surface area contributed by atoms with Gasteiger partial charge in [-0.1, -0.05) is 32.1 Å². The summed E-state index contributed by atoms with van der Waals surface area (Å²) in [5.41, 5.74) is 0.473. The second-order valence-electron chi connectivity index (χ2n) is 8.04. The Morgan fingerprint density at radius 1 is 0.846 bits per heavy atom. The second kappa shape index (κ2) is 7.47. The molecule has 140 valence electrons. The molecular weight excluding hydrogens is 331 g/mol. The summed E-state index contributed by atoms with van der Waals surface area (Å²) in [4.78, 5) is 28.7. The molecule has 0 aromatic heterocycles. The third-order valence-corrected chi connectivity index (χ3v) is 6.54. The van der Waals surface area contributed by atoms with Crippen molar-refractivity contribution in [2.75, 3.05) is 18.0 Å². The van der Waals surface area contributed by atoms with E-state index in [2.05, 4.69) is 4.90 Å². The van der Waals surface area contributed by atoms with Crippen LogP contribution in [0.15, 0.2) is 24.3 Å². The molecule has 0 radical (unpaired) electrons. The highest BCUT2D eigenvalue weighted by molar-refractivity contribution is 6.22. The minimum absolute atomic E-state index is 0.155. The largest absolute Gasteiger partial charge is 0.292 e. The van der Waals surface area contributed by atoms with Gasteiger partial charge in [0.25, 0.3) is 5.91 Å². The molecule has 3 fully saturated rings. The summed E-state index contributed by atoms with van der Waals surface area (Å²) in [5.74, 6) is 0.947. The summed E-state index contributed by atoms with van der Waals surface area (Å²) in [6.07, 6.45) is 9.36. The van der Waals surface area contributed by atoms with E-state index >= 15 is 0 Å². The van der Waals surface area contributed by atoms with Gasteiger partial charge in [-0.3, -0.25) is 14.5 Å². The van der Waals surface area contributed by atoms with E-state index < -0.39 is 0 Å². The molecule has 2 saturated heterocycles. The van der Waals surface area contributed by atoms with Gasteiger partial charge in [0.05, 0.1) is 18.2 Å². The lowest BCUT2D eigenvalue weighted by Gasteiger charge is -2.39. The van der Waals surface area contributed by atoms with Crippen LogP contribution < -0.4 is 4.90 Å². The molecule has 0 bridgehead atoms. The SMILES string of the molecule is O=C1C[C@@H](N2CCC(C3CCCCC3)CC2)C(=O)N1c1ccc(F)cc1. The summed E-state index contributed by atoms with van der Waals surface area (Å²) >= 11 is 0. The van der Waals surface area contributed by atoms with E-state index in [0.717, 1.165) is 37.8 Å². The van der Waals surface area contributed by atoms with Crippen molar-refractivity contribution < 1.29 is 14.0 Å². The first kappa shape index (κ1) is 17.7. The molecule has 4 nitrogen and oxygen atoms in total. The van der Waals surface area contributed by atoms with E-state index in [1.54, 1.807) is 0 Å². The first-order chi connectivity index (χ1) is 12.6. The molecule has 1 atom stereocenters. The number of carbonyl (C=O) groups excluding carboxylic acids is 2. The van der Waals surface area contributed by atoms with Gasteiger partial charge in [-0.05, 0) is 62.0 Å². The summed E-state index contributed by atoms with van der Waals surface area (Å²) in [5, 5.41) is 0. The molecule has 0 N–H and O–H groups in total. The molecule has 26 heavy (non-hydrogen) atoms. The van der Waals surface area contributed by atoms with Gasteiger partial charge < -0.3 is 0 Å². The Labute approximate surface area is 154 Å². The van der Waals surface area contributed by atoms with Gasteiger partial charge in [-0.25, -0.2) is 9.29 Å². The van der Waals surface area contributed by atoms with Crippen molar-refractivity contribution in [3.8, 4) is 0 Å². The quantitative estimate of drug-likeness (QED) is 0.773. The zero-order valence-corrected chi connectivity index (χ0v) is 15.2. The van der Waals surface area contributed by atoms with Gasteiger partial charge in [-0.2, -0.15) is 0 Å². The average molecular weight is 358 g/mol. The molecule has 1 aromatic rings. The molecule has 3 aliphatic rings. The number of carbonyl (C=O) groups is 2. The van der Waals surface area contributed by atoms with Crippen LogP contribution in [0.5, 0.6) is 0 Å². The monoisotopic (exact) mass is 358 g/mol. The molecular formula is C21H27FN2O2. The fourth-order valence-corrected chi connectivity index (χ4v) is 5.07. The van der Waals surface area contributed by atoms with Crippen LogP contribution in [0.25, 0.3) is 0 Å². The van der Waals surface area contributed by atoms with Crippen LogP contribution in [0, 0.1) is 17.7 Å². The van der Waals surface area contributed by atoms with Gasteiger partial charge in [0, 0.05) is 0 Å². The zero-order chi connectivity index (χ0) is 18.1. The molecule has 1 saturated carbocycles. The van der Waals surface area contributed by atoms with Gasteiger partial charge >= 0.3 is 0 Å². The molecule has 5 heteroatoms. The number of benzene rings is 1. The lowest BCUT2D eigenvalue weighted by Crippen LogP contribution is -2.46. The van der Waals surface area contributed by atoms with Crippen LogP contribution in [-0.2, 0) is 9.59 Å². The summed E-state index contributed by atoms with van der Waals surface area (Å²) in [7, 11) is 0. The number of halogens is 1. The summed E-state index contributed by atoms with van der Waals surface area (Å²) in [6.45, 7) is 1.81. The summed E-state index contributed by atoms with van der Waals surface area (Å²) < 4.78 is 13.1. The maximum absolute atomic E-state index is 13.1. The predicted molar refractivity (Wildman–Crippen MR) is 98.2 cm³/mol. The van der Waals surface area contributed by atoms with Crippen molar-refractivity contribution in [1.29, 1.82) is 0 Å². The normalized spacial score (nSPS) is 26.7. The highest BCUT2D eigenvalue weighted by Crippen LogP contribution is 2.37. The van der Waals surface area contributed by atoms with Crippen molar-refractivity contribution in [2.45, 2.75) is 57.4 Å². The molecule has 0 unspecified atom stereocenters. The number of amides is 2. The number of anilines is 1. The van der Waals surface area contributed by atoms with Gasteiger partial charge in [0.15, 0.2) is 0 Å². The van der Waals surface area contributed by atoms with Crippen LogP contribution in [0.2, 0.25) is 0 Å². The van der Waals surface area contributed by atoms with E-state index in [4.69, 9.17) is 0 Å². The number of piperidine rings is 1. The zero-order valence-electron chi connectivity index (χ0n) is 15.2. The minimum Gasteiger partial charge on any atom is -0.292 e. The minimum atomic E-state index is -0.367. The smallest absolute Gasteiger partial charge is 0.251 e. The van der Waals surface area contributed by atoms with Gasteiger partial charge in [0.2, 0.25) is 5.91 Å². The topological polar surface area (TPSA) is 40.6 Å². The third-order valence-electron chi connectivity index (χ3n) is 6.54. The Balaban J connectivity index is 1.39. The standard InChI is InChI=1S/C21H27FN2O2/c22-17-6-8-18(9-7-17)24-20(25)14-19(21(24)26)23-12-10-16(11-13-23)15-4-2-1-3-5-15/h6-9,15-16,19H,1-5,10-14H2/t19-/m1/s1.